The zero-order valence-corrected chi connectivity index (χ0v) is 13.3. The molecule has 2 aromatic rings. The third-order valence-corrected chi connectivity index (χ3v) is 4.51. The molecule has 0 spiro atoms. The Morgan fingerprint density at radius 2 is 1.91 bits per heavy atom. The number of carbonyl (C=O) groups excluding carboxylic acids is 1. The minimum absolute atomic E-state index is 0.0727. The third-order valence-electron chi connectivity index (χ3n) is 4.51. The van der Waals surface area contributed by atoms with E-state index in [4.69, 9.17) is 4.74 Å². The van der Waals surface area contributed by atoms with Crippen molar-refractivity contribution < 1.29 is 13.9 Å². The van der Waals surface area contributed by atoms with Gasteiger partial charge in [-0.2, -0.15) is 0 Å². The number of hydrogen-bond acceptors (Lipinski definition) is 2. The van der Waals surface area contributed by atoms with Gasteiger partial charge >= 0.3 is 0 Å². The van der Waals surface area contributed by atoms with Crippen LogP contribution in [0.4, 0.5) is 4.39 Å². The van der Waals surface area contributed by atoms with Gasteiger partial charge in [0.1, 0.15) is 11.9 Å². The molecule has 120 valence electrons. The van der Waals surface area contributed by atoms with Crippen LogP contribution in [0.15, 0.2) is 48.5 Å². The lowest BCUT2D eigenvalue weighted by molar-refractivity contribution is -0.123. The van der Waals surface area contributed by atoms with E-state index in [9.17, 15) is 9.18 Å². The fourth-order valence-corrected chi connectivity index (χ4v) is 3.19. The monoisotopic (exact) mass is 313 g/mol. The van der Waals surface area contributed by atoms with E-state index in [2.05, 4.69) is 11.4 Å². The van der Waals surface area contributed by atoms with Crippen molar-refractivity contribution >= 4 is 5.91 Å². The van der Waals surface area contributed by atoms with Crippen molar-refractivity contribution in [3.8, 4) is 0 Å². The minimum atomic E-state index is -0.336. The maximum atomic E-state index is 13.0. The molecule has 2 aromatic carbocycles. The normalized spacial score (nSPS) is 20.8. The summed E-state index contributed by atoms with van der Waals surface area (Å²) in [7, 11) is 1.66. The number of benzene rings is 2. The van der Waals surface area contributed by atoms with Gasteiger partial charge < -0.3 is 10.1 Å². The van der Waals surface area contributed by atoms with E-state index < -0.39 is 0 Å². The SMILES string of the molecule is CO[C@@H]1c2ccccc2C[C@H]1NC(=O)[C@@H](C)c1ccc(F)cc1. The summed E-state index contributed by atoms with van der Waals surface area (Å²) >= 11 is 0. The average molecular weight is 313 g/mol. The second-order valence-electron chi connectivity index (χ2n) is 5.95. The lowest BCUT2D eigenvalue weighted by Gasteiger charge is -2.22. The van der Waals surface area contributed by atoms with Crippen LogP contribution in [0.5, 0.6) is 0 Å². The topological polar surface area (TPSA) is 38.3 Å². The number of ether oxygens (including phenoxy) is 1. The van der Waals surface area contributed by atoms with Crippen LogP contribution < -0.4 is 5.32 Å². The van der Waals surface area contributed by atoms with Gasteiger partial charge in [0.05, 0.1) is 12.0 Å². The molecule has 0 heterocycles. The maximum absolute atomic E-state index is 13.0. The third kappa shape index (κ3) is 3.13. The summed E-state index contributed by atoms with van der Waals surface area (Å²) < 4.78 is 18.6. The van der Waals surface area contributed by atoms with Crippen molar-refractivity contribution in [3.05, 3.63) is 71.0 Å². The van der Waals surface area contributed by atoms with Crippen LogP contribution in [0.1, 0.15) is 35.6 Å². The first kappa shape index (κ1) is 15.7. The molecular weight excluding hydrogens is 293 g/mol. The number of hydrogen-bond donors (Lipinski definition) is 1. The Balaban J connectivity index is 1.72. The molecule has 0 bridgehead atoms. The molecule has 1 amide bonds. The van der Waals surface area contributed by atoms with Crippen molar-refractivity contribution in [1.29, 1.82) is 0 Å². The summed E-state index contributed by atoms with van der Waals surface area (Å²) in [5, 5.41) is 3.08. The van der Waals surface area contributed by atoms with Gasteiger partial charge in [-0.25, -0.2) is 4.39 Å². The quantitative estimate of drug-likeness (QED) is 0.940. The van der Waals surface area contributed by atoms with Crippen molar-refractivity contribution in [2.24, 2.45) is 0 Å². The summed E-state index contributed by atoms with van der Waals surface area (Å²) in [5.74, 6) is -0.708. The zero-order chi connectivity index (χ0) is 16.4. The Bertz CT molecular complexity index is 699. The lowest BCUT2D eigenvalue weighted by Crippen LogP contribution is -2.40. The minimum Gasteiger partial charge on any atom is -0.375 e. The van der Waals surface area contributed by atoms with Crippen molar-refractivity contribution in [1.82, 2.24) is 5.32 Å². The average Bonchev–Trinajstić information content (AvgIpc) is 2.91. The zero-order valence-electron chi connectivity index (χ0n) is 13.3. The molecule has 1 aliphatic carbocycles. The number of amides is 1. The molecule has 3 atom stereocenters. The van der Waals surface area contributed by atoms with Gasteiger partial charge in [-0.3, -0.25) is 4.79 Å². The number of methoxy groups -OCH3 is 1. The smallest absolute Gasteiger partial charge is 0.227 e. The predicted octanol–water partition coefficient (Wildman–Crippen LogP) is 3.36. The van der Waals surface area contributed by atoms with Crippen LogP contribution >= 0.6 is 0 Å². The van der Waals surface area contributed by atoms with Crippen LogP contribution in [0.2, 0.25) is 0 Å². The number of carbonyl (C=O) groups is 1. The molecular formula is C19H20FNO2. The molecule has 0 saturated carbocycles. The number of halogens is 1. The van der Waals surface area contributed by atoms with Crippen LogP contribution in [-0.4, -0.2) is 19.1 Å². The fraction of sp³-hybridized carbons (Fsp3) is 0.316. The van der Waals surface area contributed by atoms with E-state index in [0.717, 1.165) is 17.5 Å². The van der Waals surface area contributed by atoms with Crippen molar-refractivity contribution in [2.75, 3.05) is 7.11 Å². The molecule has 23 heavy (non-hydrogen) atoms. The first-order chi connectivity index (χ1) is 11.1. The predicted molar refractivity (Wildman–Crippen MR) is 86.6 cm³/mol. The van der Waals surface area contributed by atoms with Crippen LogP contribution in [-0.2, 0) is 16.0 Å². The Kier molecular flexibility index (Phi) is 4.44. The van der Waals surface area contributed by atoms with Crippen LogP contribution in [0, 0.1) is 5.82 Å². The fourth-order valence-electron chi connectivity index (χ4n) is 3.19. The van der Waals surface area contributed by atoms with Gasteiger partial charge in [0, 0.05) is 7.11 Å². The van der Waals surface area contributed by atoms with E-state index in [1.54, 1.807) is 19.2 Å². The summed E-state index contributed by atoms with van der Waals surface area (Å²) in [5.41, 5.74) is 3.14. The Labute approximate surface area is 135 Å². The van der Waals surface area contributed by atoms with E-state index >= 15 is 0 Å². The van der Waals surface area contributed by atoms with Gasteiger partial charge in [0.15, 0.2) is 0 Å². The largest absolute Gasteiger partial charge is 0.375 e. The number of rotatable bonds is 4. The molecule has 0 aromatic heterocycles. The highest BCUT2D eigenvalue weighted by Gasteiger charge is 2.34. The van der Waals surface area contributed by atoms with E-state index in [1.165, 1.54) is 17.7 Å². The number of fused-ring (bicyclic) bond motifs is 1. The van der Waals surface area contributed by atoms with Crippen LogP contribution in [0.3, 0.4) is 0 Å². The van der Waals surface area contributed by atoms with Gasteiger partial charge in [-0.1, -0.05) is 36.4 Å². The highest BCUT2D eigenvalue weighted by Crippen LogP contribution is 2.34. The van der Waals surface area contributed by atoms with E-state index in [0.29, 0.717) is 0 Å². The summed E-state index contributed by atoms with van der Waals surface area (Å²) in [6.45, 7) is 1.83. The van der Waals surface area contributed by atoms with Crippen molar-refractivity contribution in [3.63, 3.8) is 0 Å². The molecule has 0 unspecified atom stereocenters. The second kappa shape index (κ2) is 6.50. The molecule has 0 saturated heterocycles. The van der Waals surface area contributed by atoms with Gasteiger partial charge in [0.25, 0.3) is 0 Å². The van der Waals surface area contributed by atoms with E-state index in [-0.39, 0.29) is 29.8 Å². The second-order valence-corrected chi connectivity index (χ2v) is 5.95. The standard InChI is InChI=1S/C19H20FNO2/c1-12(13-7-9-15(20)10-8-13)19(22)21-17-11-14-5-3-4-6-16(14)18(17)23-2/h3-10,12,17-18H,11H2,1-2H3,(H,21,22)/t12-,17+,18+/m0/s1. The maximum Gasteiger partial charge on any atom is 0.227 e. The highest BCUT2D eigenvalue weighted by molar-refractivity contribution is 5.83. The molecule has 4 heteroatoms. The number of nitrogens with one attached hydrogen (secondary N) is 1. The molecule has 0 fully saturated rings. The highest BCUT2D eigenvalue weighted by atomic mass is 19.1. The van der Waals surface area contributed by atoms with Gasteiger partial charge in [-0.05, 0) is 42.2 Å². The Hall–Kier alpha value is -2.20. The molecule has 3 nitrogen and oxygen atoms in total. The summed E-state index contributed by atoms with van der Waals surface area (Å²) in [6.07, 6.45) is 0.631. The first-order valence-electron chi connectivity index (χ1n) is 7.76. The van der Waals surface area contributed by atoms with Crippen molar-refractivity contribution in [2.45, 2.75) is 31.4 Å². The van der Waals surface area contributed by atoms with Crippen LogP contribution in [0.25, 0.3) is 0 Å². The summed E-state index contributed by atoms with van der Waals surface area (Å²) in [4.78, 5) is 12.5. The molecule has 1 aliphatic rings. The molecule has 0 aliphatic heterocycles. The van der Waals surface area contributed by atoms with Gasteiger partial charge in [-0.15, -0.1) is 0 Å². The lowest BCUT2D eigenvalue weighted by atomic mass is 9.99. The Morgan fingerprint density at radius 1 is 1.22 bits per heavy atom. The Morgan fingerprint density at radius 3 is 2.61 bits per heavy atom. The summed E-state index contributed by atoms with van der Waals surface area (Å²) in [6, 6.07) is 14.1. The van der Waals surface area contributed by atoms with Gasteiger partial charge in [0.2, 0.25) is 5.91 Å². The van der Waals surface area contributed by atoms with E-state index in [1.807, 2.05) is 25.1 Å². The molecule has 1 N–H and O–H groups in total. The molecule has 3 rings (SSSR count). The molecule has 0 radical (unpaired) electrons. The first-order valence-corrected chi connectivity index (χ1v) is 7.76.